The van der Waals surface area contributed by atoms with Crippen molar-refractivity contribution in [2.75, 3.05) is 7.11 Å². The molecule has 7 nitrogen and oxygen atoms in total. The van der Waals surface area contributed by atoms with Crippen molar-refractivity contribution in [3.8, 4) is 0 Å². The largest absolute Gasteiger partial charge is 0.469 e. The molecule has 0 aliphatic rings. The van der Waals surface area contributed by atoms with Crippen molar-refractivity contribution >= 4 is 17.1 Å². The molecule has 2 heterocycles. The molecule has 0 aliphatic carbocycles. The quantitative estimate of drug-likeness (QED) is 0.656. The Kier molecular flexibility index (Phi) is 3.54. The van der Waals surface area contributed by atoms with E-state index in [1.165, 1.54) is 13.3 Å². The average Bonchev–Trinajstić information content (AvgIpc) is 2.84. The van der Waals surface area contributed by atoms with Gasteiger partial charge in [0.1, 0.15) is 11.6 Å². The van der Waals surface area contributed by atoms with Gasteiger partial charge in [-0.2, -0.15) is 0 Å². The molecule has 0 aromatic carbocycles. The lowest BCUT2D eigenvalue weighted by atomic mass is 10.1. The van der Waals surface area contributed by atoms with Crippen LogP contribution in [0.4, 0.5) is 0 Å². The maximum absolute atomic E-state index is 11.0. The number of methoxy groups -OCH3 is 1. The Balaban J connectivity index is 2.16. The summed E-state index contributed by atoms with van der Waals surface area (Å²) in [4.78, 5) is 22.0. The lowest BCUT2D eigenvalue weighted by Crippen LogP contribution is -2.23. The lowest BCUT2D eigenvalue weighted by Gasteiger charge is -2.15. The van der Waals surface area contributed by atoms with Crippen molar-refractivity contribution < 1.29 is 19.7 Å². The molecule has 18 heavy (non-hydrogen) atoms. The fourth-order valence-electron chi connectivity index (χ4n) is 1.55. The first-order valence-electron chi connectivity index (χ1n) is 5.35. The van der Waals surface area contributed by atoms with Crippen molar-refractivity contribution in [1.29, 1.82) is 0 Å². The summed E-state index contributed by atoms with van der Waals surface area (Å²) in [7, 11) is 1.22. The molecule has 2 unspecified atom stereocenters. The predicted octanol–water partition coefficient (Wildman–Crippen LogP) is -0.0847. The molecule has 2 aromatic heterocycles. The highest BCUT2D eigenvalue weighted by Crippen LogP contribution is 2.18. The van der Waals surface area contributed by atoms with Gasteiger partial charge in [0.05, 0.1) is 31.5 Å². The number of hydrogen-bond donors (Lipinski definition) is 3. The molecule has 2 rings (SSSR count). The fourth-order valence-corrected chi connectivity index (χ4v) is 1.55. The number of ether oxygens (including phenoxy) is 1. The SMILES string of the molecule is COC(=O)CC(O)C(O)c1cnc2[nH]ccc2n1. The number of carbonyl (C=O) groups excluding carboxylic acids is 1. The summed E-state index contributed by atoms with van der Waals surface area (Å²) in [5.74, 6) is -0.600. The van der Waals surface area contributed by atoms with E-state index in [-0.39, 0.29) is 12.1 Å². The molecular formula is C11H13N3O4. The topological polar surface area (TPSA) is 108 Å². The number of H-pyrrole nitrogens is 1. The number of fused-ring (bicyclic) bond motifs is 1. The van der Waals surface area contributed by atoms with Gasteiger partial charge in [0.25, 0.3) is 0 Å². The Bertz CT molecular complexity index is 554. The van der Waals surface area contributed by atoms with Gasteiger partial charge >= 0.3 is 5.97 Å². The molecule has 2 atom stereocenters. The molecule has 7 heteroatoms. The van der Waals surface area contributed by atoms with Crippen molar-refractivity contribution in [1.82, 2.24) is 15.0 Å². The summed E-state index contributed by atoms with van der Waals surface area (Å²) in [6, 6.07) is 1.70. The number of hydrogen-bond acceptors (Lipinski definition) is 6. The number of nitrogens with one attached hydrogen (secondary N) is 1. The van der Waals surface area contributed by atoms with Gasteiger partial charge in [0, 0.05) is 6.20 Å². The van der Waals surface area contributed by atoms with Gasteiger partial charge in [-0.25, -0.2) is 9.97 Å². The molecule has 0 fully saturated rings. The van der Waals surface area contributed by atoms with Crippen LogP contribution in [-0.2, 0) is 9.53 Å². The van der Waals surface area contributed by atoms with Crippen LogP contribution in [0.3, 0.4) is 0 Å². The van der Waals surface area contributed by atoms with Gasteiger partial charge in [-0.3, -0.25) is 4.79 Å². The van der Waals surface area contributed by atoms with Gasteiger partial charge < -0.3 is 19.9 Å². The molecule has 0 bridgehead atoms. The normalized spacial score (nSPS) is 14.4. The molecular weight excluding hydrogens is 238 g/mol. The lowest BCUT2D eigenvalue weighted by molar-refractivity contribution is -0.144. The highest BCUT2D eigenvalue weighted by atomic mass is 16.5. The summed E-state index contributed by atoms with van der Waals surface area (Å²) < 4.78 is 4.41. The molecule has 3 N–H and O–H groups in total. The monoisotopic (exact) mass is 251 g/mol. The van der Waals surface area contributed by atoms with Crippen molar-refractivity contribution in [2.45, 2.75) is 18.6 Å². The molecule has 0 radical (unpaired) electrons. The van der Waals surface area contributed by atoms with Crippen LogP contribution in [-0.4, -0.2) is 44.3 Å². The smallest absolute Gasteiger partial charge is 0.308 e. The zero-order chi connectivity index (χ0) is 13.1. The highest BCUT2D eigenvalue weighted by molar-refractivity contribution is 5.70. The van der Waals surface area contributed by atoms with Crippen LogP contribution < -0.4 is 0 Å². The van der Waals surface area contributed by atoms with Crippen LogP contribution in [0.15, 0.2) is 18.5 Å². The summed E-state index contributed by atoms with van der Waals surface area (Å²) in [6.07, 6.45) is 0.166. The van der Waals surface area contributed by atoms with E-state index in [4.69, 9.17) is 0 Å². The molecule has 0 aliphatic heterocycles. The Morgan fingerprint density at radius 3 is 3.06 bits per heavy atom. The summed E-state index contributed by atoms with van der Waals surface area (Å²) in [5, 5.41) is 19.5. The highest BCUT2D eigenvalue weighted by Gasteiger charge is 2.23. The number of aliphatic hydroxyl groups is 2. The van der Waals surface area contributed by atoms with Crippen LogP contribution in [0.5, 0.6) is 0 Å². The van der Waals surface area contributed by atoms with Crippen LogP contribution in [0.2, 0.25) is 0 Å². The molecule has 96 valence electrons. The molecule has 0 saturated heterocycles. The minimum atomic E-state index is -1.28. The van der Waals surface area contributed by atoms with E-state index in [0.29, 0.717) is 11.2 Å². The summed E-state index contributed by atoms with van der Waals surface area (Å²) >= 11 is 0. The molecule has 0 amide bonds. The molecule has 0 spiro atoms. The van der Waals surface area contributed by atoms with Gasteiger partial charge in [-0.05, 0) is 6.07 Å². The van der Waals surface area contributed by atoms with Gasteiger partial charge in [-0.15, -0.1) is 0 Å². The van der Waals surface area contributed by atoms with E-state index in [1.807, 2.05) is 0 Å². The van der Waals surface area contributed by atoms with E-state index >= 15 is 0 Å². The van der Waals surface area contributed by atoms with Crippen molar-refractivity contribution in [2.24, 2.45) is 0 Å². The number of aliphatic hydroxyl groups excluding tert-OH is 2. The van der Waals surface area contributed by atoms with Gasteiger partial charge in [0.2, 0.25) is 0 Å². The number of carbonyl (C=O) groups is 1. The molecule has 0 saturated carbocycles. The van der Waals surface area contributed by atoms with E-state index < -0.39 is 18.2 Å². The Hall–Kier alpha value is -1.99. The first-order valence-corrected chi connectivity index (χ1v) is 5.35. The third kappa shape index (κ3) is 2.47. The second-order valence-corrected chi connectivity index (χ2v) is 3.80. The zero-order valence-electron chi connectivity index (χ0n) is 9.70. The number of nitrogens with zero attached hydrogens (tertiary/aromatic N) is 2. The Morgan fingerprint density at radius 2 is 2.33 bits per heavy atom. The predicted molar refractivity (Wildman–Crippen MR) is 61.5 cm³/mol. The first-order chi connectivity index (χ1) is 8.61. The second-order valence-electron chi connectivity index (χ2n) is 3.80. The number of rotatable bonds is 4. The number of aromatic amines is 1. The number of esters is 1. The van der Waals surface area contributed by atoms with Crippen molar-refractivity contribution in [3.05, 3.63) is 24.2 Å². The maximum atomic E-state index is 11.0. The van der Waals surface area contributed by atoms with E-state index in [2.05, 4.69) is 19.7 Å². The van der Waals surface area contributed by atoms with E-state index in [0.717, 1.165) is 0 Å². The summed E-state index contributed by atoms with van der Waals surface area (Å²) in [6.45, 7) is 0. The Morgan fingerprint density at radius 1 is 1.56 bits per heavy atom. The second kappa shape index (κ2) is 5.11. The minimum Gasteiger partial charge on any atom is -0.469 e. The van der Waals surface area contributed by atoms with Crippen LogP contribution in [0.25, 0.3) is 11.2 Å². The van der Waals surface area contributed by atoms with Crippen LogP contribution in [0.1, 0.15) is 18.2 Å². The average molecular weight is 251 g/mol. The van der Waals surface area contributed by atoms with Crippen molar-refractivity contribution in [3.63, 3.8) is 0 Å². The van der Waals surface area contributed by atoms with Gasteiger partial charge in [-0.1, -0.05) is 0 Å². The Labute approximate surface area is 102 Å². The molecule has 2 aromatic rings. The number of aromatic nitrogens is 3. The van der Waals surface area contributed by atoms with E-state index in [1.54, 1.807) is 12.3 Å². The third-order valence-electron chi connectivity index (χ3n) is 2.55. The fraction of sp³-hybridized carbons (Fsp3) is 0.364. The minimum absolute atomic E-state index is 0.207. The zero-order valence-corrected chi connectivity index (χ0v) is 9.70. The van der Waals surface area contributed by atoms with E-state index in [9.17, 15) is 15.0 Å². The van der Waals surface area contributed by atoms with Gasteiger partial charge in [0.15, 0.2) is 5.65 Å². The first kappa shape index (κ1) is 12.5. The standard InChI is InChI=1S/C11H13N3O4/c1-18-9(16)4-8(15)10(17)7-5-13-11-6(14-7)2-3-12-11/h2-3,5,8,10,15,17H,4H2,1H3,(H,12,13). The van der Waals surface area contributed by atoms with Crippen LogP contribution >= 0.6 is 0 Å². The maximum Gasteiger partial charge on any atom is 0.308 e. The summed E-state index contributed by atoms with van der Waals surface area (Å²) in [5.41, 5.74) is 1.38. The third-order valence-corrected chi connectivity index (χ3v) is 2.55. The van der Waals surface area contributed by atoms with Crippen LogP contribution in [0, 0.1) is 0 Å².